The van der Waals surface area contributed by atoms with Crippen LogP contribution in [0.3, 0.4) is 0 Å². The molecule has 0 N–H and O–H groups in total. The Hall–Kier alpha value is -6.78. The van der Waals surface area contributed by atoms with Crippen molar-refractivity contribution in [1.29, 1.82) is 0 Å². The van der Waals surface area contributed by atoms with E-state index in [1.807, 2.05) is 36.4 Å². The Kier molecular flexibility index (Phi) is 6.46. The molecule has 0 fully saturated rings. The minimum atomic E-state index is 0.664. The van der Waals surface area contributed by atoms with E-state index in [-0.39, 0.29) is 0 Å². The van der Waals surface area contributed by atoms with Crippen LogP contribution in [0.2, 0.25) is 0 Å². The van der Waals surface area contributed by atoms with Gasteiger partial charge in [-0.15, -0.1) is 0 Å². The van der Waals surface area contributed by atoms with E-state index in [0.29, 0.717) is 11.4 Å². The van der Waals surface area contributed by atoms with E-state index in [0.717, 1.165) is 55.6 Å². The standard InChI is InChI=1S/C46H29N3O/c1-3-14-30(15-4-1)32-18-12-21-35(29-32)49-39-25-9-7-22-37(39)42-36(24-13-26-40(42)49)33-19-11-20-34(28-33)46-47-43(31-16-5-2-6-17-31)45-44(48-46)38-23-8-10-27-41(38)50-45/h1-29H. The molecular formula is C46H29N3O. The SMILES string of the molecule is c1ccc(-c2cccc(-n3c4ccccc4c4c(-c5cccc(-c6nc(-c7ccccc7)c7oc8ccccc8c7n6)c5)cccc43)c2)cc1. The summed E-state index contributed by atoms with van der Waals surface area (Å²) in [6, 6.07) is 61.6. The molecule has 50 heavy (non-hydrogen) atoms. The summed E-state index contributed by atoms with van der Waals surface area (Å²) in [6.45, 7) is 0. The molecule has 3 heterocycles. The Bertz CT molecular complexity index is 2870. The lowest BCUT2D eigenvalue weighted by molar-refractivity contribution is 0.667. The number of nitrogens with zero attached hydrogens (tertiary/aromatic N) is 3. The molecule has 4 nitrogen and oxygen atoms in total. The summed E-state index contributed by atoms with van der Waals surface area (Å²) >= 11 is 0. The molecule has 234 valence electrons. The summed E-state index contributed by atoms with van der Waals surface area (Å²) in [4.78, 5) is 10.3. The van der Waals surface area contributed by atoms with Gasteiger partial charge in [0.15, 0.2) is 11.4 Å². The number of para-hydroxylation sites is 2. The quantitative estimate of drug-likeness (QED) is 0.188. The molecule has 0 aliphatic rings. The maximum absolute atomic E-state index is 6.35. The summed E-state index contributed by atoms with van der Waals surface area (Å²) in [6.07, 6.45) is 0. The van der Waals surface area contributed by atoms with E-state index in [1.54, 1.807) is 0 Å². The molecule has 0 radical (unpaired) electrons. The van der Waals surface area contributed by atoms with Gasteiger partial charge in [0.05, 0.1) is 11.0 Å². The van der Waals surface area contributed by atoms with Gasteiger partial charge in [-0.3, -0.25) is 0 Å². The molecule has 0 aliphatic carbocycles. The zero-order valence-corrected chi connectivity index (χ0v) is 27.0. The van der Waals surface area contributed by atoms with Crippen molar-refractivity contribution in [3.63, 3.8) is 0 Å². The van der Waals surface area contributed by atoms with Gasteiger partial charge >= 0.3 is 0 Å². The molecule has 0 spiro atoms. The van der Waals surface area contributed by atoms with Crippen molar-refractivity contribution >= 4 is 43.9 Å². The van der Waals surface area contributed by atoms with Gasteiger partial charge < -0.3 is 8.98 Å². The molecule has 0 unspecified atom stereocenters. The van der Waals surface area contributed by atoms with E-state index in [4.69, 9.17) is 14.4 Å². The molecule has 0 saturated heterocycles. The largest absolute Gasteiger partial charge is 0.452 e. The summed E-state index contributed by atoms with van der Waals surface area (Å²) in [5.41, 5.74) is 13.2. The third-order valence-electron chi connectivity index (χ3n) is 9.61. The van der Waals surface area contributed by atoms with Crippen molar-refractivity contribution in [3.05, 3.63) is 176 Å². The van der Waals surface area contributed by atoms with Crippen LogP contribution in [0.5, 0.6) is 0 Å². The van der Waals surface area contributed by atoms with Crippen molar-refractivity contribution in [2.75, 3.05) is 0 Å². The lowest BCUT2D eigenvalue weighted by Gasteiger charge is -2.11. The Morgan fingerprint density at radius 3 is 1.94 bits per heavy atom. The van der Waals surface area contributed by atoms with Gasteiger partial charge in [-0.25, -0.2) is 9.97 Å². The second kappa shape index (κ2) is 11.4. The number of aromatic nitrogens is 3. The topological polar surface area (TPSA) is 43.9 Å². The molecule has 4 heteroatoms. The molecule has 0 saturated carbocycles. The average Bonchev–Trinajstić information content (AvgIpc) is 3.74. The Labute approximate surface area is 288 Å². The molecule has 0 bridgehead atoms. The zero-order chi connectivity index (χ0) is 33.0. The van der Waals surface area contributed by atoms with Crippen molar-refractivity contribution in [3.8, 4) is 50.6 Å². The summed E-state index contributed by atoms with van der Waals surface area (Å²) < 4.78 is 8.74. The number of fused-ring (bicyclic) bond motifs is 6. The van der Waals surface area contributed by atoms with Crippen LogP contribution in [0.4, 0.5) is 0 Å². The van der Waals surface area contributed by atoms with Crippen LogP contribution in [-0.2, 0) is 0 Å². The number of hydrogen-bond donors (Lipinski definition) is 0. The molecule has 0 amide bonds. The fourth-order valence-electron chi connectivity index (χ4n) is 7.33. The summed E-state index contributed by atoms with van der Waals surface area (Å²) in [5.74, 6) is 0.664. The van der Waals surface area contributed by atoms with E-state index in [2.05, 4.69) is 144 Å². The number of rotatable bonds is 5. The van der Waals surface area contributed by atoms with Gasteiger partial charge in [0, 0.05) is 33.0 Å². The maximum Gasteiger partial charge on any atom is 0.180 e. The zero-order valence-electron chi connectivity index (χ0n) is 27.0. The normalized spacial score (nSPS) is 11.6. The molecule has 10 rings (SSSR count). The van der Waals surface area contributed by atoms with E-state index < -0.39 is 0 Å². The summed E-state index contributed by atoms with van der Waals surface area (Å²) in [5, 5.41) is 3.41. The Morgan fingerprint density at radius 1 is 0.440 bits per heavy atom. The van der Waals surface area contributed by atoms with Gasteiger partial charge in [0.2, 0.25) is 0 Å². The highest BCUT2D eigenvalue weighted by atomic mass is 16.3. The monoisotopic (exact) mass is 639 g/mol. The highest BCUT2D eigenvalue weighted by molar-refractivity contribution is 6.16. The van der Waals surface area contributed by atoms with E-state index >= 15 is 0 Å². The third kappa shape index (κ3) is 4.54. The first kappa shape index (κ1) is 28.3. The predicted octanol–water partition coefficient (Wildman–Crippen LogP) is 12.1. The van der Waals surface area contributed by atoms with Crippen molar-refractivity contribution in [2.45, 2.75) is 0 Å². The second-order valence-corrected chi connectivity index (χ2v) is 12.6. The molecule has 0 aliphatic heterocycles. The van der Waals surface area contributed by atoms with Crippen LogP contribution >= 0.6 is 0 Å². The van der Waals surface area contributed by atoms with Gasteiger partial charge in [0.1, 0.15) is 16.8 Å². The fraction of sp³-hybridized carbons (Fsp3) is 0. The highest BCUT2D eigenvalue weighted by Gasteiger charge is 2.20. The van der Waals surface area contributed by atoms with Crippen LogP contribution in [-0.4, -0.2) is 14.5 Å². The number of benzene rings is 7. The lowest BCUT2D eigenvalue weighted by Crippen LogP contribution is -1.95. The first-order valence-corrected chi connectivity index (χ1v) is 16.8. The Morgan fingerprint density at radius 2 is 1.08 bits per heavy atom. The van der Waals surface area contributed by atoms with Gasteiger partial charge in [0.25, 0.3) is 0 Å². The fourth-order valence-corrected chi connectivity index (χ4v) is 7.33. The number of hydrogen-bond acceptors (Lipinski definition) is 3. The minimum Gasteiger partial charge on any atom is -0.452 e. The molecule has 10 aromatic rings. The van der Waals surface area contributed by atoms with Crippen LogP contribution in [0.15, 0.2) is 180 Å². The van der Waals surface area contributed by atoms with Crippen molar-refractivity contribution in [1.82, 2.24) is 14.5 Å². The number of furan rings is 1. The van der Waals surface area contributed by atoms with Crippen LogP contribution in [0.25, 0.3) is 94.5 Å². The first-order valence-electron chi connectivity index (χ1n) is 16.8. The van der Waals surface area contributed by atoms with Crippen LogP contribution in [0, 0.1) is 0 Å². The lowest BCUT2D eigenvalue weighted by atomic mass is 9.97. The van der Waals surface area contributed by atoms with Gasteiger partial charge in [-0.05, 0) is 64.7 Å². The predicted molar refractivity (Wildman–Crippen MR) is 205 cm³/mol. The second-order valence-electron chi connectivity index (χ2n) is 12.6. The minimum absolute atomic E-state index is 0.664. The van der Waals surface area contributed by atoms with Crippen LogP contribution < -0.4 is 0 Å². The van der Waals surface area contributed by atoms with Gasteiger partial charge in [-0.2, -0.15) is 0 Å². The molecule has 0 atom stereocenters. The van der Waals surface area contributed by atoms with Gasteiger partial charge in [-0.1, -0.05) is 133 Å². The smallest absolute Gasteiger partial charge is 0.180 e. The Balaban J connectivity index is 1.17. The molecule has 3 aromatic heterocycles. The molecule has 7 aromatic carbocycles. The van der Waals surface area contributed by atoms with Crippen LogP contribution in [0.1, 0.15) is 0 Å². The molecular weight excluding hydrogens is 611 g/mol. The van der Waals surface area contributed by atoms with Crippen molar-refractivity contribution < 1.29 is 4.42 Å². The summed E-state index contributed by atoms with van der Waals surface area (Å²) in [7, 11) is 0. The highest BCUT2D eigenvalue weighted by Crippen LogP contribution is 2.41. The third-order valence-corrected chi connectivity index (χ3v) is 9.61. The maximum atomic E-state index is 6.35. The van der Waals surface area contributed by atoms with E-state index in [9.17, 15) is 0 Å². The van der Waals surface area contributed by atoms with Crippen molar-refractivity contribution in [2.24, 2.45) is 0 Å². The first-order chi connectivity index (χ1) is 24.8. The average molecular weight is 640 g/mol. The van der Waals surface area contributed by atoms with E-state index in [1.165, 1.54) is 27.4 Å².